The largest absolute Gasteiger partial charge is 0.493 e. The van der Waals surface area contributed by atoms with Crippen LogP contribution in [0.15, 0.2) is 60.9 Å². The zero-order chi connectivity index (χ0) is 27.1. The number of para-hydroxylation sites is 2. The van der Waals surface area contributed by atoms with Crippen LogP contribution in [-0.4, -0.2) is 53.3 Å². The van der Waals surface area contributed by atoms with Gasteiger partial charge in [-0.1, -0.05) is 36.4 Å². The number of anilines is 2. The molecule has 2 aromatic carbocycles. The van der Waals surface area contributed by atoms with Crippen molar-refractivity contribution in [3.8, 4) is 11.5 Å². The zero-order valence-corrected chi connectivity index (χ0v) is 22.0. The van der Waals surface area contributed by atoms with Crippen LogP contribution in [0.1, 0.15) is 44.2 Å². The SMILES string of the molecule is COc1ccccc1O[C@@H]1CCCN(c2cncc(NC(=O)CCc3ccc(C(C)(C)C(=O)O)cc3)n2)C1. The molecule has 1 aliphatic rings. The maximum absolute atomic E-state index is 12.6. The predicted octanol–water partition coefficient (Wildman–Crippen LogP) is 4.47. The molecule has 0 radical (unpaired) electrons. The van der Waals surface area contributed by atoms with Gasteiger partial charge in [-0.25, -0.2) is 4.98 Å². The number of methoxy groups -OCH3 is 1. The second-order valence-corrected chi connectivity index (χ2v) is 9.92. The van der Waals surface area contributed by atoms with Crippen molar-refractivity contribution in [2.45, 2.75) is 51.0 Å². The fourth-order valence-electron chi connectivity index (χ4n) is 4.38. The molecule has 1 atom stereocenters. The number of ether oxygens (including phenoxy) is 2. The van der Waals surface area contributed by atoms with Gasteiger partial charge < -0.3 is 24.8 Å². The minimum atomic E-state index is -0.964. The number of carboxylic acid groups (broad SMARTS) is 1. The van der Waals surface area contributed by atoms with E-state index in [9.17, 15) is 14.7 Å². The van der Waals surface area contributed by atoms with Crippen molar-refractivity contribution in [2.24, 2.45) is 0 Å². The van der Waals surface area contributed by atoms with Gasteiger partial charge in [-0.3, -0.25) is 14.6 Å². The summed E-state index contributed by atoms with van der Waals surface area (Å²) < 4.78 is 11.6. The van der Waals surface area contributed by atoms with Crippen molar-refractivity contribution in [1.82, 2.24) is 9.97 Å². The van der Waals surface area contributed by atoms with E-state index in [0.717, 1.165) is 30.5 Å². The molecule has 0 saturated carbocycles. The number of carboxylic acids is 1. The Hall–Kier alpha value is -4.14. The summed E-state index contributed by atoms with van der Waals surface area (Å²) in [6, 6.07) is 15.0. The maximum atomic E-state index is 12.6. The summed E-state index contributed by atoms with van der Waals surface area (Å²) >= 11 is 0. The number of rotatable bonds is 10. The number of aromatic nitrogens is 2. The Kier molecular flexibility index (Phi) is 8.45. The van der Waals surface area contributed by atoms with Gasteiger partial charge in [-0.15, -0.1) is 0 Å². The highest BCUT2D eigenvalue weighted by molar-refractivity contribution is 5.89. The number of nitrogens with one attached hydrogen (secondary N) is 1. The maximum Gasteiger partial charge on any atom is 0.313 e. The number of amides is 1. The summed E-state index contributed by atoms with van der Waals surface area (Å²) in [5.74, 6) is 1.47. The van der Waals surface area contributed by atoms with E-state index in [0.29, 0.717) is 36.1 Å². The quantitative estimate of drug-likeness (QED) is 0.404. The summed E-state index contributed by atoms with van der Waals surface area (Å²) in [7, 11) is 1.63. The van der Waals surface area contributed by atoms with Gasteiger partial charge in [0.2, 0.25) is 5.91 Å². The predicted molar refractivity (Wildman–Crippen MR) is 145 cm³/mol. The number of aryl methyl sites for hydroxylation is 1. The molecule has 9 heteroatoms. The number of nitrogens with zero attached hydrogens (tertiary/aromatic N) is 3. The first-order valence-corrected chi connectivity index (χ1v) is 12.8. The molecule has 2 N–H and O–H groups in total. The van der Waals surface area contributed by atoms with Crippen molar-refractivity contribution < 1.29 is 24.2 Å². The molecule has 0 bridgehead atoms. The lowest BCUT2D eigenvalue weighted by atomic mass is 9.84. The van der Waals surface area contributed by atoms with E-state index in [1.54, 1.807) is 39.3 Å². The average molecular weight is 519 g/mol. The standard InChI is InChI=1S/C29H34N4O5/c1-29(2,28(35)36)21-13-10-20(11-14-21)12-15-27(34)32-25-17-30-18-26(31-25)33-16-6-7-22(19-33)38-24-9-5-4-8-23(24)37-3/h4-5,8-11,13-14,17-18,22H,6-7,12,15-16,19H2,1-3H3,(H,35,36)(H,31,32,34)/t22-/m1/s1. The minimum absolute atomic E-state index is 0.0208. The van der Waals surface area contributed by atoms with Crippen LogP contribution in [0.3, 0.4) is 0 Å². The molecule has 4 rings (SSSR count). The molecule has 3 aromatic rings. The summed E-state index contributed by atoms with van der Waals surface area (Å²) in [6.45, 7) is 4.82. The van der Waals surface area contributed by atoms with Crippen molar-refractivity contribution >= 4 is 23.5 Å². The number of hydrogen-bond donors (Lipinski definition) is 2. The number of hydrogen-bond acceptors (Lipinski definition) is 7. The normalized spacial score (nSPS) is 15.6. The Balaban J connectivity index is 1.32. The Labute approximate surface area is 222 Å². The third kappa shape index (κ3) is 6.59. The highest BCUT2D eigenvalue weighted by Crippen LogP contribution is 2.29. The Morgan fingerprint density at radius 2 is 1.84 bits per heavy atom. The molecule has 2 heterocycles. The van der Waals surface area contributed by atoms with Crippen LogP contribution in [0.2, 0.25) is 0 Å². The van der Waals surface area contributed by atoms with Gasteiger partial charge in [0.05, 0.1) is 31.5 Å². The number of benzene rings is 2. The van der Waals surface area contributed by atoms with E-state index in [2.05, 4.69) is 20.2 Å². The molecule has 1 amide bonds. The molecular weight excluding hydrogens is 484 g/mol. The minimum Gasteiger partial charge on any atom is -0.493 e. The Morgan fingerprint density at radius 1 is 1.11 bits per heavy atom. The fourth-order valence-corrected chi connectivity index (χ4v) is 4.38. The van der Waals surface area contributed by atoms with E-state index in [1.807, 2.05) is 36.4 Å². The lowest BCUT2D eigenvalue weighted by Gasteiger charge is -2.33. The monoisotopic (exact) mass is 518 g/mol. The first-order chi connectivity index (χ1) is 18.3. The van der Waals surface area contributed by atoms with Crippen LogP contribution in [0.25, 0.3) is 0 Å². The van der Waals surface area contributed by atoms with Gasteiger partial charge >= 0.3 is 5.97 Å². The molecule has 1 saturated heterocycles. The summed E-state index contributed by atoms with van der Waals surface area (Å²) in [6.07, 6.45) is 5.88. The second-order valence-electron chi connectivity index (χ2n) is 9.92. The molecule has 38 heavy (non-hydrogen) atoms. The van der Waals surface area contributed by atoms with Gasteiger partial charge in [0.25, 0.3) is 0 Å². The lowest BCUT2D eigenvalue weighted by molar-refractivity contribution is -0.142. The molecule has 9 nitrogen and oxygen atoms in total. The molecule has 1 fully saturated rings. The van der Waals surface area contributed by atoms with Crippen LogP contribution in [0, 0.1) is 0 Å². The van der Waals surface area contributed by atoms with Gasteiger partial charge in [0.1, 0.15) is 11.9 Å². The van der Waals surface area contributed by atoms with Crippen molar-refractivity contribution in [2.75, 3.05) is 30.4 Å². The van der Waals surface area contributed by atoms with Gasteiger partial charge in [0, 0.05) is 13.0 Å². The van der Waals surface area contributed by atoms with Crippen molar-refractivity contribution in [3.05, 3.63) is 72.1 Å². The van der Waals surface area contributed by atoms with Crippen molar-refractivity contribution in [1.29, 1.82) is 0 Å². The van der Waals surface area contributed by atoms with Crippen LogP contribution in [0.4, 0.5) is 11.6 Å². The van der Waals surface area contributed by atoms with Gasteiger partial charge in [0.15, 0.2) is 17.3 Å². The zero-order valence-electron chi connectivity index (χ0n) is 22.0. The van der Waals surface area contributed by atoms with E-state index in [4.69, 9.17) is 9.47 Å². The third-order valence-corrected chi connectivity index (χ3v) is 6.81. The van der Waals surface area contributed by atoms with E-state index in [-0.39, 0.29) is 18.4 Å². The molecule has 1 aliphatic heterocycles. The molecule has 0 aliphatic carbocycles. The van der Waals surface area contributed by atoms with Crippen LogP contribution in [-0.2, 0) is 21.4 Å². The van der Waals surface area contributed by atoms with Gasteiger partial charge in [-0.05, 0) is 56.4 Å². The molecule has 0 unspecified atom stereocenters. The highest BCUT2D eigenvalue weighted by Gasteiger charge is 2.29. The molecule has 0 spiro atoms. The topological polar surface area (TPSA) is 114 Å². The average Bonchev–Trinajstić information content (AvgIpc) is 2.92. The van der Waals surface area contributed by atoms with Crippen LogP contribution in [0.5, 0.6) is 11.5 Å². The van der Waals surface area contributed by atoms with E-state index < -0.39 is 11.4 Å². The molecular formula is C29H34N4O5. The Bertz CT molecular complexity index is 1260. The third-order valence-electron chi connectivity index (χ3n) is 6.81. The first kappa shape index (κ1) is 26.9. The number of piperidine rings is 1. The summed E-state index contributed by atoms with van der Waals surface area (Å²) in [5, 5.41) is 12.2. The van der Waals surface area contributed by atoms with E-state index >= 15 is 0 Å². The van der Waals surface area contributed by atoms with Gasteiger partial charge in [-0.2, -0.15) is 0 Å². The molecule has 200 valence electrons. The van der Waals surface area contributed by atoms with Crippen LogP contribution >= 0.6 is 0 Å². The number of carbonyl (C=O) groups excluding carboxylic acids is 1. The second kappa shape index (κ2) is 11.9. The molecule has 1 aromatic heterocycles. The van der Waals surface area contributed by atoms with Crippen molar-refractivity contribution in [3.63, 3.8) is 0 Å². The number of carbonyl (C=O) groups is 2. The fraction of sp³-hybridized carbons (Fsp3) is 0.379. The lowest BCUT2D eigenvalue weighted by Crippen LogP contribution is -2.41. The smallest absolute Gasteiger partial charge is 0.313 e. The summed E-state index contributed by atoms with van der Waals surface area (Å²) in [5.41, 5.74) is 0.715. The highest BCUT2D eigenvalue weighted by atomic mass is 16.5. The Morgan fingerprint density at radius 3 is 2.55 bits per heavy atom. The number of aliphatic carboxylic acids is 1. The van der Waals surface area contributed by atoms with Crippen LogP contribution < -0.4 is 19.7 Å². The first-order valence-electron chi connectivity index (χ1n) is 12.8. The van der Waals surface area contributed by atoms with E-state index in [1.165, 1.54) is 6.20 Å². The summed E-state index contributed by atoms with van der Waals surface area (Å²) in [4.78, 5) is 35.1.